The summed E-state index contributed by atoms with van der Waals surface area (Å²) in [6.07, 6.45) is -2.52. The molecule has 3 rings (SSSR count). The Labute approximate surface area is 171 Å². The van der Waals surface area contributed by atoms with Gasteiger partial charge in [0, 0.05) is 12.1 Å². The second-order valence-corrected chi connectivity index (χ2v) is 8.09. The molecule has 1 saturated heterocycles. The average Bonchev–Trinajstić information content (AvgIpc) is 2.71. The fourth-order valence-corrected chi connectivity index (χ4v) is 3.90. The van der Waals surface area contributed by atoms with Gasteiger partial charge in [-0.05, 0) is 24.8 Å². The highest BCUT2D eigenvalue weighted by molar-refractivity contribution is 5.13. The zero-order valence-corrected chi connectivity index (χ0v) is 16.5. The first kappa shape index (κ1) is 22.5. The summed E-state index contributed by atoms with van der Waals surface area (Å²) in [6.45, 7) is 0.808. The molecule has 0 bridgehead atoms. The number of hydrogen-bond donors (Lipinski definition) is 6. The largest absolute Gasteiger partial charge is 0.389 e. The predicted molar refractivity (Wildman–Crippen MR) is 107 cm³/mol. The summed E-state index contributed by atoms with van der Waals surface area (Å²) in [4.78, 5) is 0. The molecule has 2 fully saturated rings. The monoisotopic (exact) mass is 410 g/mol. The zero-order chi connectivity index (χ0) is 21.0. The Morgan fingerprint density at radius 2 is 1.72 bits per heavy atom. The van der Waals surface area contributed by atoms with Gasteiger partial charge in [-0.25, -0.2) is 0 Å². The third-order valence-corrected chi connectivity index (χ3v) is 5.73. The molecule has 2 aliphatic rings. The lowest BCUT2D eigenvalue weighted by Crippen LogP contribution is -2.64. The van der Waals surface area contributed by atoms with Crippen molar-refractivity contribution in [3.05, 3.63) is 35.9 Å². The van der Waals surface area contributed by atoms with E-state index in [1.54, 1.807) is 0 Å². The quantitative estimate of drug-likeness (QED) is 0.314. The Hall–Kier alpha value is -1.14. The number of aliphatic hydroxyl groups excluding tert-OH is 2. The summed E-state index contributed by atoms with van der Waals surface area (Å²) in [5.74, 6) is 0. The number of ether oxygens (including phenoxy) is 3. The maximum absolute atomic E-state index is 10.3. The van der Waals surface area contributed by atoms with Crippen LogP contribution in [-0.2, 0) is 20.8 Å². The van der Waals surface area contributed by atoms with Gasteiger partial charge in [0.1, 0.15) is 12.2 Å². The van der Waals surface area contributed by atoms with Crippen LogP contribution in [0.5, 0.6) is 0 Å². The topological polar surface area (TPSA) is 172 Å². The maximum Gasteiger partial charge on any atom is 0.173 e. The van der Waals surface area contributed by atoms with Crippen LogP contribution in [0.15, 0.2) is 30.3 Å². The average molecular weight is 411 g/mol. The molecule has 1 aromatic carbocycles. The summed E-state index contributed by atoms with van der Waals surface area (Å²) in [5.41, 5.74) is 25.4. The van der Waals surface area contributed by atoms with Crippen molar-refractivity contribution in [3.8, 4) is 0 Å². The highest BCUT2D eigenvalue weighted by Crippen LogP contribution is 2.27. The Bertz CT molecular complexity index is 624. The van der Waals surface area contributed by atoms with Crippen molar-refractivity contribution in [3.63, 3.8) is 0 Å². The molecular weight excluding hydrogens is 376 g/mol. The molecular formula is C20H34N4O5. The highest BCUT2D eigenvalue weighted by Gasteiger charge is 2.44. The van der Waals surface area contributed by atoms with Gasteiger partial charge in [-0.15, -0.1) is 0 Å². The lowest BCUT2D eigenvalue weighted by Gasteiger charge is -2.44. The van der Waals surface area contributed by atoms with Gasteiger partial charge < -0.3 is 47.4 Å². The van der Waals surface area contributed by atoms with Crippen molar-refractivity contribution in [2.75, 3.05) is 6.61 Å². The molecule has 1 heterocycles. The Kier molecular flexibility index (Phi) is 7.97. The van der Waals surface area contributed by atoms with Gasteiger partial charge in [-0.3, -0.25) is 0 Å². The van der Waals surface area contributed by atoms with E-state index in [-0.39, 0.29) is 18.2 Å². The molecule has 1 aromatic rings. The van der Waals surface area contributed by atoms with Gasteiger partial charge >= 0.3 is 0 Å². The molecule has 1 saturated carbocycles. The molecule has 9 nitrogen and oxygen atoms in total. The fraction of sp³-hybridized carbons (Fsp3) is 0.700. The SMILES string of the molecule is N[C@@H]1CC[C@@H]([C@@H](N)COCc2ccccc2)O[C@@H]1O[C@H]1[C@H](O)[C@@H](O)[C@H](N)C[C@@H]1N. The van der Waals surface area contributed by atoms with Crippen LogP contribution in [0.4, 0.5) is 0 Å². The van der Waals surface area contributed by atoms with E-state index in [2.05, 4.69) is 0 Å². The van der Waals surface area contributed by atoms with Gasteiger partial charge in [0.2, 0.25) is 0 Å². The van der Waals surface area contributed by atoms with E-state index in [9.17, 15) is 10.2 Å². The first-order valence-corrected chi connectivity index (χ1v) is 10.2. The Morgan fingerprint density at radius 1 is 1.00 bits per heavy atom. The minimum atomic E-state index is -1.20. The fourth-order valence-electron chi connectivity index (χ4n) is 3.90. The van der Waals surface area contributed by atoms with E-state index in [0.29, 0.717) is 32.5 Å². The van der Waals surface area contributed by atoms with E-state index in [0.717, 1.165) is 5.56 Å². The van der Waals surface area contributed by atoms with Crippen LogP contribution in [0.1, 0.15) is 24.8 Å². The molecule has 1 aliphatic carbocycles. The lowest BCUT2D eigenvalue weighted by molar-refractivity contribution is -0.257. The molecule has 0 spiro atoms. The molecule has 0 amide bonds. The maximum atomic E-state index is 10.3. The van der Waals surface area contributed by atoms with Crippen LogP contribution in [0, 0.1) is 0 Å². The molecule has 164 valence electrons. The second kappa shape index (κ2) is 10.3. The first-order valence-electron chi connectivity index (χ1n) is 10.2. The smallest absolute Gasteiger partial charge is 0.173 e. The predicted octanol–water partition coefficient (Wildman–Crippen LogP) is -1.47. The van der Waals surface area contributed by atoms with Gasteiger partial charge in [-0.1, -0.05) is 30.3 Å². The van der Waals surface area contributed by atoms with Crippen LogP contribution in [0.3, 0.4) is 0 Å². The molecule has 9 atom stereocenters. The van der Waals surface area contributed by atoms with E-state index >= 15 is 0 Å². The van der Waals surface area contributed by atoms with E-state index in [1.807, 2.05) is 30.3 Å². The van der Waals surface area contributed by atoms with Crippen LogP contribution >= 0.6 is 0 Å². The van der Waals surface area contributed by atoms with Crippen molar-refractivity contribution >= 4 is 0 Å². The molecule has 0 unspecified atom stereocenters. The summed E-state index contributed by atoms with van der Waals surface area (Å²) < 4.78 is 17.6. The van der Waals surface area contributed by atoms with Crippen molar-refractivity contribution in [2.24, 2.45) is 22.9 Å². The van der Waals surface area contributed by atoms with Crippen LogP contribution in [0.25, 0.3) is 0 Å². The van der Waals surface area contributed by atoms with Gasteiger partial charge in [0.05, 0.1) is 37.5 Å². The number of hydrogen-bond acceptors (Lipinski definition) is 9. The molecule has 10 N–H and O–H groups in total. The third kappa shape index (κ3) is 5.72. The Morgan fingerprint density at radius 3 is 2.45 bits per heavy atom. The van der Waals surface area contributed by atoms with E-state index in [1.165, 1.54) is 0 Å². The molecule has 0 aromatic heterocycles. The van der Waals surface area contributed by atoms with Crippen molar-refractivity contribution < 1.29 is 24.4 Å². The lowest BCUT2D eigenvalue weighted by atomic mass is 9.84. The number of nitrogens with two attached hydrogens (primary N) is 4. The van der Waals surface area contributed by atoms with Gasteiger partial charge in [0.25, 0.3) is 0 Å². The minimum Gasteiger partial charge on any atom is -0.389 e. The summed E-state index contributed by atoms with van der Waals surface area (Å²) >= 11 is 0. The highest BCUT2D eigenvalue weighted by atomic mass is 16.7. The molecule has 29 heavy (non-hydrogen) atoms. The number of benzene rings is 1. The van der Waals surface area contributed by atoms with Gasteiger partial charge in [0.15, 0.2) is 6.29 Å². The van der Waals surface area contributed by atoms with Crippen molar-refractivity contribution in [1.29, 1.82) is 0 Å². The standard InChI is InChI=1S/C20H34N4O5/c21-12-6-7-16(15(24)10-27-9-11-4-2-1-3-5-11)28-20(12)29-19-14(23)8-13(22)17(25)18(19)26/h1-5,12-20,25-26H,6-10,21-24H2/t12-,13-,14+,15+,16+,17+,18-,19-,20-/m1/s1. The van der Waals surface area contributed by atoms with Crippen molar-refractivity contribution in [2.45, 2.75) is 80.7 Å². The molecule has 1 aliphatic heterocycles. The van der Waals surface area contributed by atoms with Gasteiger partial charge in [-0.2, -0.15) is 0 Å². The Balaban J connectivity index is 1.51. The third-order valence-electron chi connectivity index (χ3n) is 5.73. The molecule has 0 radical (unpaired) electrons. The van der Waals surface area contributed by atoms with Crippen molar-refractivity contribution in [1.82, 2.24) is 0 Å². The summed E-state index contributed by atoms with van der Waals surface area (Å²) in [6, 6.07) is 8.01. The van der Waals surface area contributed by atoms with E-state index in [4.69, 9.17) is 37.1 Å². The molecule has 9 heteroatoms. The normalized spacial score (nSPS) is 39.2. The number of rotatable bonds is 7. The first-order chi connectivity index (χ1) is 13.9. The van der Waals surface area contributed by atoms with Crippen LogP contribution in [-0.4, -0.2) is 71.7 Å². The second-order valence-electron chi connectivity index (χ2n) is 8.09. The van der Waals surface area contributed by atoms with Crippen LogP contribution < -0.4 is 22.9 Å². The zero-order valence-electron chi connectivity index (χ0n) is 16.5. The number of aliphatic hydroxyl groups is 2. The minimum absolute atomic E-state index is 0.292. The van der Waals surface area contributed by atoms with Crippen LogP contribution in [0.2, 0.25) is 0 Å². The van der Waals surface area contributed by atoms with E-state index < -0.39 is 36.7 Å². The summed E-state index contributed by atoms with van der Waals surface area (Å²) in [7, 11) is 0. The summed E-state index contributed by atoms with van der Waals surface area (Å²) in [5, 5.41) is 20.4.